The van der Waals surface area contributed by atoms with Gasteiger partial charge in [0.1, 0.15) is 5.82 Å². The largest absolute Gasteiger partial charge is 0.371 e. The van der Waals surface area contributed by atoms with Crippen LogP contribution in [0.3, 0.4) is 0 Å². The Morgan fingerprint density at radius 1 is 1.03 bits per heavy atom. The van der Waals surface area contributed by atoms with Crippen LogP contribution >= 0.6 is 0 Å². The second kappa shape index (κ2) is 7.04. The van der Waals surface area contributed by atoms with Crippen molar-refractivity contribution in [3.05, 3.63) is 58.9 Å². The van der Waals surface area contributed by atoms with Gasteiger partial charge in [-0.25, -0.2) is 4.98 Å². The van der Waals surface area contributed by atoms with Gasteiger partial charge in [0.2, 0.25) is 0 Å². The Balaban J connectivity index is 1.49. The third kappa shape index (κ3) is 3.19. The van der Waals surface area contributed by atoms with Crippen LogP contribution in [0.1, 0.15) is 12.8 Å². The molecule has 0 amide bonds. The van der Waals surface area contributed by atoms with Crippen LogP contribution in [0, 0.1) is 0 Å². The first-order valence-corrected chi connectivity index (χ1v) is 10.1. The van der Waals surface area contributed by atoms with Gasteiger partial charge in [0.15, 0.2) is 0 Å². The molecule has 1 aromatic heterocycles. The highest BCUT2D eigenvalue weighted by atomic mass is 16.1. The molecule has 29 heavy (non-hydrogen) atoms. The Kier molecular flexibility index (Phi) is 4.36. The van der Waals surface area contributed by atoms with Crippen molar-refractivity contribution in [1.29, 1.82) is 0 Å². The minimum atomic E-state index is -0.115. The van der Waals surface area contributed by atoms with E-state index in [0.29, 0.717) is 17.4 Å². The number of nitrogens with zero attached hydrogens (tertiary/aromatic N) is 3. The van der Waals surface area contributed by atoms with E-state index in [2.05, 4.69) is 46.0 Å². The molecule has 1 aliphatic carbocycles. The highest BCUT2D eigenvalue weighted by molar-refractivity contribution is 5.87. The molecule has 2 aromatic rings. The minimum absolute atomic E-state index is 0.115. The van der Waals surface area contributed by atoms with Crippen LogP contribution in [0.2, 0.25) is 0 Å². The third-order valence-electron chi connectivity index (χ3n) is 6.04. The van der Waals surface area contributed by atoms with E-state index in [1.807, 2.05) is 36.4 Å². The molecule has 1 saturated heterocycles. The smallest absolute Gasteiger partial charge is 0.260 e. The molecular formula is C23H25N5O. The molecule has 2 aliphatic heterocycles. The van der Waals surface area contributed by atoms with Crippen molar-refractivity contribution in [3.8, 4) is 22.6 Å². The Labute approximate surface area is 169 Å². The number of rotatable bonds is 3. The molecule has 5 rings (SSSR count). The van der Waals surface area contributed by atoms with Crippen LogP contribution in [0.15, 0.2) is 53.3 Å². The van der Waals surface area contributed by atoms with Gasteiger partial charge in [-0.15, -0.1) is 0 Å². The van der Waals surface area contributed by atoms with Crippen molar-refractivity contribution >= 4 is 16.7 Å². The Morgan fingerprint density at radius 3 is 2.62 bits per heavy atom. The highest BCUT2D eigenvalue weighted by Crippen LogP contribution is 2.31. The van der Waals surface area contributed by atoms with Crippen molar-refractivity contribution in [2.75, 3.05) is 32.1 Å². The summed E-state index contributed by atoms with van der Waals surface area (Å²) in [5.74, 6) is 0.617. The summed E-state index contributed by atoms with van der Waals surface area (Å²) in [7, 11) is 4.32. The van der Waals surface area contributed by atoms with E-state index in [4.69, 9.17) is 4.98 Å². The van der Waals surface area contributed by atoms with Crippen LogP contribution in [0.5, 0.6) is 0 Å². The van der Waals surface area contributed by atoms with E-state index >= 15 is 0 Å². The lowest BCUT2D eigenvalue weighted by atomic mass is 10.0. The summed E-state index contributed by atoms with van der Waals surface area (Å²) in [6.45, 7) is 2.11. The zero-order valence-electron chi connectivity index (χ0n) is 16.8. The molecule has 3 aliphatic rings. The number of nitrogens with one attached hydrogen (secondary N) is 2. The van der Waals surface area contributed by atoms with E-state index in [1.54, 1.807) is 0 Å². The zero-order chi connectivity index (χ0) is 20.0. The summed E-state index contributed by atoms with van der Waals surface area (Å²) >= 11 is 0. The van der Waals surface area contributed by atoms with Gasteiger partial charge in [-0.05, 0) is 51.2 Å². The van der Waals surface area contributed by atoms with E-state index in [1.165, 1.54) is 18.5 Å². The van der Waals surface area contributed by atoms with E-state index in [-0.39, 0.29) is 5.56 Å². The first kappa shape index (κ1) is 17.9. The van der Waals surface area contributed by atoms with Gasteiger partial charge in [-0.3, -0.25) is 4.79 Å². The van der Waals surface area contributed by atoms with Crippen molar-refractivity contribution < 1.29 is 0 Å². The number of piperidine rings is 1. The van der Waals surface area contributed by atoms with Crippen molar-refractivity contribution in [3.63, 3.8) is 0 Å². The first-order chi connectivity index (χ1) is 14.1. The number of fused-ring (bicyclic) bond motifs is 2. The molecule has 0 unspecified atom stereocenters. The van der Waals surface area contributed by atoms with Crippen LogP contribution in [-0.4, -0.2) is 53.1 Å². The molecule has 0 atom stereocenters. The summed E-state index contributed by atoms with van der Waals surface area (Å²) in [4.78, 5) is 28.4. The highest BCUT2D eigenvalue weighted by Gasteiger charge is 2.22. The van der Waals surface area contributed by atoms with Gasteiger partial charge >= 0.3 is 0 Å². The first-order valence-electron chi connectivity index (χ1n) is 10.1. The minimum Gasteiger partial charge on any atom is -0.371 e. The van der Waals surface area contributed by atoms with Crippen LogP contribution in [0.25, 0.3) is 33.7 Å². The topological polar surface area (TPSA) is 68.0 Å². The number of imidazole rings is 1. The van der Waals surface area contributed by atoms with Crippen molar-refractivity contribution in [1.82, 2.24) is 19.9 Å². The number of aromatic nitrogens is 3. The lowest BCUT2D eigenvalue weighted by molar-refractivity contribution is 0.249. The van der Waals surface area contributed by atoms with Gasteiger partial charge in [-0.2, -0.15) is 0 Å². The summed E-state index contributed by atoms with van der Waals surface area (Å²) in [5, 5.41) is 0. The van der Waals surface area contributed by atoms with Crippen LogP contribution in [0.4, 0.5) is 5.69 Å². The Hall–Kier alpha value is -3.12. The van der Waals surface area contributed by atoms with Crippen LogP contribution in [-0.2, 0) is 0 Å². The molecule has 0 bridgehead atoms. The SMILES string of the molecule is CN(C)C1CCN(c2ccc3nc(-c4c5cccccc-5[nH]c4=O)[nH]c3c2)CC1. The second-order valence-corrected chi connectivity index (χ2v) is 8.04. The monoisotopic (exact) mass is 387 g/mol. The van der Waals surface area contributed by atoms with Gasteiger partial charge in [0, 0.05) is 36.1 Å². The molecule has 0 spiro atoms. The predicted molar refractivity (Wildman–Crippen MR) is 118 cm³/mol. The van der Waals surface area contributed by atoms with Gasteiger partial charge in [0.25, 0.3) is 5.56 Å². The molecule has 0 radical (unpaired) electrons. The molecule has 6 nitrogen and oxygen atoms in total. The average molecular weight is 387 g/mol. The third-order valence-corrected chi connectivity index (χ3v) is 6.04. The van der Waals surface area contributed by atoms with E-state index in [0.717, 1.165) is 35.4 Å². The van der Waals surface area contributed by atoms with Gasteiger partial charge in [0.05, 0.1) is 16.6 Å². The quantitative estimate of drug-likeness (QED) is 0.564. The lowest BCUT2D eigenvalue weighted by Gasteiger charge is -2.36. The summed E-state index contributed by atoms with van der Waals surface area (Å²) < 4.78 is 0. The van der Waals surface area contributed by atoms with Crippen LogP contribution < -0.4 is 10.5 Å². The zero-order valence-corrected chi connectivity index (χ0v) is 16.8. The molecule has 2 N–H and O–H groups in total. The number of H-pyrrole nitrogens is 2. The Morgan fingerprint density at radius 2 is 1.83 bits per heavy atom. The molecule has 3 heterocycles. The maximum Gasteiger partial charge on any atom is 0.260 e. The molecule has 1 fully saturated rings. The Bertz CT molecular complexity index is 1180. The van der Waals surface area contributed by atoms with E-state index in [9.17, 15) is 4.79 Å². The summed E-state index contributed by atoms with van der Waals surface area (Å²) in [6, 6.07) is 16.7. The van der Waals surface area contributed by atoms with Crippen molar-refractivity contribution in [2.45, 2.75) is 18.9 Å². The van der Waals surface area contributed by atoms with Gasteiger partial charge < -0.3 is 19.8 Å². The normalized spacial score (nSPS) is 15.6. The number of hydrogen-bond acceptors (Lipinski definition) is 4. The fourth-order valence-corrected chi connectivity index (χ4v) is 4.37. The number of aromatic amines is 2. The maximum absolute atomic E-state index is 12.6. The van der Waals surface area contributed by atoms with E-state index < -0.39 is 0 Å². The second-order valence-electron chi connectivity index (χ2n) is 8.04. The maximum atomic E-state index is 12.6. The molecule has 0 saturated carbocycles. The molecule has 148 valence electrons. The fraction of sp³-hybridized carbons (Fsp3) is 0.304. The fourth-order valence-electron chi connectivity index (χ4n) is 4.37. The van der Waals surface area contributed by atoms with Crippen molar-refractivity contribution in [2.24, 2.45) is 0 Å². The average Bonchev–Trinajstić information content (AvgIpc) is 3.19. The molecule has 6 heteroatoms. The number of hydrogen-bond donors (Lipinski definition) is 2. The standard InChI is InChI=1S/C23H25N5O/c1-27(2)15-10-12-28(13-11-15)16-8-9-19-20(14-16)25-22(24-19)21-17-6-4-3-5-7-18(17)26-23(21)29/h3-9,14-15H,10-13H2,1-2H3,(H,24,25)(H,26,29). The predicted octanol–water partition coefficient (Wildman–Crippen LogP) is 3.55. The molecular weight excluding hydrogens is 362 g/mol. The van der Waals surface area contributed by atoms with Gasteiger partial charge in [-0.1, -0.05) is 24.3 Å². The number of anilines is 1. The summed E-state index contributed by atoms with van der Waals surface area (Å²) in [5.41, 5.74) is 5.22. The number of benzene rings is 1. The summed E-state index contributed by atoms with van der Waals surface area (Å²) in [6.07, 6.45) is 2.34. The lowest BCUT2D eigenvalue weighted by Crippen LogP contribution is -2.41. The molecule has 1 aromatic carbocycles.